The van der Waals surface area contributed by atoms with E-state index in [1.165, 1.54) is 18.4 Å². The van der Waals surface area contributed by atoms with E-state index in [0.29, 0.717) is 19.8 Å². The van der Waals surface area contributed by atoms with E-state index in [9.17, 15) is 0 Å². The van der Waals surface area contributed by atoms with Crippen molar-refractivity contribution in [2.45, 2.75) is 38.3 Å². The van der Waals surface area contributed by atoms with Crippen LogP contribution in [0.1, 0.15) is 36.9 Å². The first kappa shape index (κ1) is 13.5. The summed E-state index contributed by atoms with van der Waals surface area (Å²) in [5.74, 6) is 0. The Morgan fingerprint density at radius 3 is 2.67 bits per heavy atom. The van der Waals surface area contributed by atoms with Gasteiger partial charge in [-0.1, -0.05) is 37.6 Å². The molecular weight excluding hydrogens is 226 g/mol. The molecule has 1 saturated heterocycles. The van der Waals surface area contributed by atoms with Gasteiger partial charge in [0.15, 0.2) is 0 Å². The van der Waals surface area contributed by atoms with E-state index in [4.69, 9.17) is 15.2 Å². The summed E-state index contributed by atoms with van der Waals surface area (Å²) < 4.78 is 11.0. The van der Waals surface area contributed by atoms with Crippen LogP contribution in [-0.4, -0.2) is 25.9 Å². The van der Waals surface area contributed by atoms with Crippen LogP contribution >= 0.6 is 0 Å². The van der Waals surface area contributed by atoms with Crippen molar-refractivity contribution in [3.63, 3.8) is 0 Å². The molecule has 0 spiro atoms. The second kappa shape index (κ2) is 6.88. The minimum atomic E-state index is -0.0921. The van der Waals surface area contributed by atoms with Gasteiger partial charge in [-0.2, -0.15) is 0 Å². The van der Waals surface area contributed by atoms with Crippen molar-refractivity contribution < 1.29 is 9.47 Å². The highest BCUT2D eigenvalue weighted by atomic mass is 16.6. The quantitative estimate of drug-likeness (QED) is 0.871. The smallest absolute Gasteiger partial charge is 0.100 e. The molecule has 1 aromatic rings. The summed E-state index contributed by atoms with van der Waals surface area (Å²) in [6.07, 6.45) is 3.61. The monoisotopic (exact) mass is 249 g/mol. The molecule has 3 nitrogen and oxygen atoms in total. The molecule has 2 unspecified atom stereocenters. The van der Waals surface area contributed by atoms with Crippen molar-refractivity contribution >= 4 is 0 Å². The van der Waals surface area contributed by atoms with Crippen LogP contribution < -0.4 is 5.73 Å². The van der Waals surface area contributed by atoms with Gasteiger partial charge in [0, 0.05) is 0 Å². The summed E-state index contributed by atoms with van der Waals surface area (Å²) in [5.41, 5.74) is 8.73. The average molecular weight is 249 g/mol. The van der Waals surface area contributed by atoms with Gasteiger partial charge >= 0.3 is 0 Å². The first-order chi connectivity index (χ1) is 8.81. The van der Waals surface area contributed by atoms with E-state index in [0.717, 1.165) is 12.0 Å². The van der Waals surface area contributed by atoms with Gasteiger partial charge in [-0.25, -0.2) is 0 Å². The van der Waals surface area contributed by atoms with E-state index in [1.54, 1.807) is 0 Å². The predicted molar refractivity (Wildman–Crippen MR) is 72.5 cm³/mol. The van der Waals surface area contributed by atoms with Gasteiger partial charge in [0.25, 0.3) is 0 Å². The molecule has 100 valence electrons. The van der Waals surface area contributed by atoms with E-state index in [1.807, 2.05) is 0 Å². The fourth-order valence-electron chi connectivity index (χ4n) is 2.22. The van der Waals surface area contributed by atoms with Crippen LogP contribution in [0.2, 0.25) is 0 Å². The molecule has 1 aromatic carbocycles. The van der Waals surface area contributed by atoms with Crippen molar-refractivity contribution in [2.24, 2.45) is 5.73 Å². The van der Waals surface area contributed by atoms with Crippen LogP contribution in [-0.2, 0) is 15.9 Å². The van der Waals surface area contributed by atoms with E-state index in [2.05, 4.69) is 31.2 Å². The molecule has 0 radical (unpaired) electrons. The number of aryl methyl sites for hydroxylation is 1. The molecule has 2 rings (SSSR count). The molecule has 0 bridgehead atoms. The minimum absolute atomic E-state index is 0.0137. The number of ether oxygens (including phenoxy) is 2. The first-order valence-corrected chi connectivity index (χ1v) is 6.85. The molecule has 0 saturated carbocycles. The van der Waals surface area contributed by atoms with Gasteiger partial charge < -0.3 is 15.2 Å². The molecule has 0 aliphatic carbocycles. The van der Waals surface area contributed by atoms with Crippen LogP contribution in [0.4, 0.5) is 0 Å². The molecule has 2 N–H and O–H groups in total. The van der Waals surface area contributed by atoms with Crippen LogP contribution in [0.15, 0.2) is 24.3 Å². The van der Waals surface area contributed by atoms with Gasteiger partial charge in [0.2, 0.25) is 0 Å². The van der Waals surface area contributed by atoms with Crippen LogP contribution in [0.5, 0.6) is 0 Å². The van der Waals surface area contributed by atoms with E-state index >= 15 is 0 Å². The van der Waals surface area contributed by atoms with E-state index < -0.39 is 0 Å². The van der Waals surface area contributed by atoms with E-state index in [-0.39, 0.29) is 12.1 Å². The number of hydrogen-bond donors (Lipinski definition) is 1. The Morgan fingerprint density at radius 1 is 1.28 bits per heavy atom. The van der Waals surface area contributed by atoms with Gasteiger partial charge in [-0.05, 0) is 24.0 Å². The fourth-order valence-corrected chi connectivity index (χ4v) is 2.22. The lowest BCUT2D eigenvalue weighted by atomic mass is 9.99. The first-order valence-electron chi connectivity index (χ1n) is 6.85. The average Bonchev–Trinajstić information content (AvgIpc) is 2.46. The van der Waals surface area contributed by atoms with Gasteiger partial charge in [-0.15, -0.1) is 0 Å². The second-order valence-corrected chi connectivity index (χ2v) is 4.86. The molecule has 0 amide bonds. The molecule has 1 aliphatic rings. The maximum absolute atomic E-state index is 6.21. The largest absolute Gasteiger partial charge is 0.376 e. The molecule has 1 fully saturated rings. The zero-order valence-electron chi connectivity index (χ0n) is 11.1. The Kier molecular flexibility index (Phi) is 5.17. The summed E-state index contributed by atoms with van der Waals surface area (Å²) in [6, 6.07) is 8.50. The lowest BCUT2D eigenvalue weighted by molar-refractivity contribution is -0.0975. The van der Waals surface area contributed by atoms with Crippen molar-refractivity contribution in [2.75, 3.05) is 19.8 Å². The van der Waals surface area contributed by atoms with Crippen LogP contribution in [0, 0.1) is 0 Å². The zero-order valence-corrected chi connectivity index (χ0v) is 11.1. The molecule has 1 aliphatic heterocycles. The highest BCUT2D eigenvalue weighted by Crippen LogP contribution is 2.20. The van der Waals surface area contributed by atoms with Gasteiger partial charge in [0.1, 0.15) is 6.10 Å². The molecule has 18 heavy (non-hydrogen) atoms. The summed E-state index contributed by atoms with van der Waals surface area (Å²) in [5, 5.41) is 0. The number of unbranched alkanes of at least 4 members (excludes halogenated alkanes) is 1. The van der Waals surface area contributed by atoms with Crippen molar-refractivity contribution in [1.82, 2.24) is 0 Å². The Labute approximate surface area is 109 Å². The van der Waals surface area contributed by atoms with Gasteiger partial charge in [-0.3, -0.25) is 0 Å². The third kappa shape index (κ3) is 3.55. The summed E-state index contributed by atoms with van der Waals surface area (Å²) >= 11 is 0. The molecule has 2 atom stereocenters. The van der Waals surface area contributed by atoms with Crippen molar-refractivity contribution in [1.29, 1.82) is 0 Å². The second-order valence-electron chi connectivity index (χ2n) is 4.86. The standard InChI is InChI=1S/C15H23NO2/c1-2-3-4-12-5-7-13(8-6-12)15(16)14-11-17-9-10-18-14/h5-8,14-15H,2-4,9-11,16H2,1H3. The fraction of sp³-hybridized carbons (Fsp3) is 0.600. The summed E-state index contributed by atoms with van der Waals surface area (Å²) in [7, 11) is 0. The Bertz CT molecular complexity index is 344. The van der Waals surface area contributed by atoms with Crippen LogP contribution in [0.3, 0.4) is 0 Å². The molecule has 1 heterocycles. The molecule has 0 aromatic heterocycles. The maximum atomic E-state index is 6.21. The Balaban J connectivity index is 1.95. The molecular formula is C15H23NO2. The third-order valence-corrected chi connectivity index (χ3v) is 3.43. The maximum Gasteiger partial charge on any atom is 0.100 e. The van der Waals surface area contributed by atoms with Crippen molar-refractivity contribution in [3.8, 4) is 0 Å². The lowest BCUT2D eigenvalue weighted by Crippen LogP contribution is -2.37. The predicted octanol–water partition coefficient (Wildman–Crippen LogP) is 2.44. The third-order valence-electron chi connectivity index (χ3n) is 3.43. The number of hydrogen-bond acceptors (Lipinski definition) is 3. The number of benzene rings is 1. The highest BCUT2D eigenvalue weighted by molar-refractivity contribution is 5.25. The zero-order chi connectivity index (χ0) is 12.8. The SMILES string of the molecule is CCCCc1ccc(C(N)C2COCCO2)cc1. The van der Waals surface area contributed by atoms with Crippen molar-refractivity contribution in [3.05, 3.63) is 35.4 Å². The topological polar surface area (TPSA) is 44.5 Å². The Morgan fingerprint density at radius 2 is 2.06 bits per heavy atom. The lowest BCUT2D eigenvalue weighted by Gasteiger charge is -2.28. The summed E-state index contributed by atoms with van der Waals surface area (Å²) in [4.78, 5) is 0. The minimum Gasteiger partial charge on any atom is -0.376 e. The normalized spacial score (nSPS) is 21.8. The number of nitrogens with two attached hydrogens (primary N) is 1. The Hall–Kier alpha value is -0.900. The highest BCUT2D eigenvalue weighted by Gasteiger charge is 2.23. The summed E-state index contributed by atoms with van der Waals surface area (Å²) in [6.45, 7) is 4.13. The van der Waals surface area contributed by atoms with Crippen LogP contribution in [0.25, 0.3) is 0 Å². The molecule has 3 heteroatoms. The number of rotatable bonds is 5. The van der Waals surface area contributed by atoms with Gasteiger partial charge in [0.05, 0.1) is 25.9 Å².